The molecule has 5 nitrogen and oxygen atoms in total. The Bertz CT molecular complexity index is 556. The van der Waals surface area contributed by atoms with Crippen molar-refractivity contribution in [3.63, 3.8) is 0 Å². The molecular formula is C14H15NO4. The number of methoxy groups -OCH3 is 1. The van der Waals surface area contributed by atoms with Crippen LogP contribution in [0.15, 0.2) is 24.3 Å². The summed E-state index contributed by atoms with van der Waals surface area (Å²) in [5.41, 5.74) is 0.144. The van der Waals surface area contributed by atoms with Gasteiger partial charge in [0.25, 0.3) is 0 Å². The summed E-state index contributed by atoms with van der Waals surface area (Å²) < 4.78 is 10.6. The highest BCUT2D eigenvalue weighted by molar-refractivity contribution is 6.00. The third-order valence-electron chi connectivity index (χ3n) is 3.79. The molecule has 0 unspecified atom stereocenters. The van der Waals surface area contributed by atoms with Crippen LogP contribution < -0.4 is 10.1 Å². The van der Waals surface area contributed by atoms with Crippen molar-refractivity contribution >= 4 is 11.9 Å². The number of hydrogen-bond acceptors (Lipinski definition) is 4. The highest BCUT2D eigenvalue weighted by Crippen LogP contribution is 2.46. The molecule has 100 valence electrons. The number of benzene rings is 1. The zero-order valence-electron chi connectivity index (χ0n) is 10.8. The lowest BCUT2D eigenvalue weighted by molar-refractivity contribution is -0.158. The van der Waals surface area contributed by atoms with E-state index in [1.165, 1.54) is 7.11 Å². The summed E-state index contributed by atoms with van der Waals surface area (Å²) in [6.45, 7) is 1.82. The normalized spacial score (nSPS) is 31.8. The van der Waals surface area contributed by atoms with E-state index in [9.17, 15) is 9.59 Å². The van der Waals surface area contributed by atoms with Gasteiger partial charge in [-0.3, -0.25) is 9.59 Å². The summed E-state index contributed by atoms with van der Waals surface area (Å²) in [7, 11) is 1.30. The molecule has 2 aliphatic rings. The van der Waals surface area contributed by atoms with Crippen LogP contribution in [-0.2, 0) is 14.3 Å². The molecule has 1 amide bonds. The third kappa shape index (κ3) is 1.77. The molecule has 0 aliphatic carbocycles. The van der Waals surface area contributed by atoms with Gasteiger partial charge in [0.15, 0.2) is 5.72 Å². The molecule has 1 aromatic carbocycles. The molecule has 3 atom stereocenters. The summed E-state index contributed by atoms with van der Waals surface area (Å²) >= 11 is 0. The number of rotatable bonds is 1. The van der Waals surface area contributed by atoms with Crippen LogP contribution in [0.3, 0.4) is 0 Å². The lowest BCUT2D eigenvalue weighted by atomic mass is 9.75. The fourth-order valence-electron chi connectivity index (χ4n) is 2.99. The number of nitrogens with one attached hydrogen (secondary N) is 1. The zero-order valence-corrected chi connectivity index (χ0v) is 10.8. The van der Waals surface area contributed by atoms with Crippen LogP contribution in [-0.4, -0.2) is 24.7 Å². The van der Waals surface area contributed by atoms with Gasteiger partial charge in [0.05, 0.1) is 7.11 Å². The van der Waals surface area contributed by atoms with E-state index >= 15 is 0 Å². The summed E-state index contributed by atoms with van der Waals surface area (Å²) in [5.74, 6) is -1.12. The minimum Gasteiger partial charge on any atom is -0.468 e. The Morgan fingerprint density at radius 3 is 2.95 bits per heavy atom. The van der Waals surface area contributed by atoms with Crippen LogP contribution in [0.1, 0.15) is 24.8 Å². The van der Waals surface area contributed by atoms with Crippen molar-refractivity contribution in [2.45, 2.75) is 25.0 Å². The van der Waals surface area contributed by atoms with Gasteiger partial charge in [-0.2, -0.15) is 0 Å². The average molecular weight is 261 g/mol. The SMILES string of the molecule is COC(=O)[C@@H]1C(=O)N[C@]2(C)C[C@@H]1c1ccccc1O2. The van der Waals surface area contributed by atoms with Crippen molar-refractivity contribution in [3.05, 3.63) is 29.8 Å². The van der Waals surface area contributed by atoms with Crippen molar-refractivity contribution in [2.24, 2.45) is 5.92 Å². The number of carbonyl (C=O) groups is 2. The Morgan fingerprint density at radius 1 is 1.47 bits per heavy atom. The second-order valence-electron chi connectivity index (χ2n) is 5.17. The second-order valence-corrected chi connectivity index (χ2v) is 5.17. The van der Waals surface area contributed by atoms with Crippen molar-refractivity contribution in [3.8, 4) is 5.75 Å². The minimum atomic E-state index is -0.803. The van der Waals surface area contributed by atoms with E-state index in [-0.39, 0.29) is 11.8 Å². The van der Waals surface area contributed by atoms with Gasteiger partial charge in [0.1, 0.15) is 11.7 Å². The van der Waals surface area contributed by atoms with Gasteiger partial charge in [0, 0.05) is 12.3 Å². The fourth-order valence-corrected chi connectivity index (χ4v) is 2.99. The van der Waals surface area contributed by atoms with E-state index in [4.69, 9.17) is 9.47 Å². The molecule has 1 aromatic rings. The number of para-hydroxylation sites is 1. The topological polar surface area (TPSA) is 64.6 Å². The quantitative estimate of drug-likeness (QED) is 0.609. The third-order valence-corrected chi connectivity index (χ3v) is 3.79. The Balaban J connectivity index is 2.10. The first-order chi connectivity index (χ1) is 9.04. The van der Waals surface area contributed by atoms with Gasteiger partial charge >= 0.3 is 5.97 Å². The van der Waals surface area contributed by atoms with Crippen LogP contribution in [0.5, 0.6) is 5.75 Å². The monoisotopic (exact) mass is 261 g/mol. The van der Waals surface area contributed by atoms with Gasteiger partial charge in [-0.15, -0.1) is 0 Å². The average Bonchev–Trinajstić information content (AvgIpc) is 2.37. The van der Waals surface area contributed by atoms with Gasteiger partial charge < -0.3 is 14.8 Å². The van der Waals surface area contributed by atoms with Gasteiger partial charge in [-0.1, -0.05) is 18.2 Å². The number of amides is 1. The number of carbonyl (C=O) groups excluding carboxylic acids is 2. The largest absolute Gasteiger partial charge is 0.468 e. The van der Waals surface area contributed by atoms with E-state index < -0.39 is 17.6 Å². The van der Waals surface area contributed by atoms with E-state index in [1.54, 1.807) is 0 Å². The maximum absolute atomic E-state index is 12.1. The summed E-state index contributed by atoms with van der Waals surface area (Å²) in [6, 6.07) is 7.50. The maximum atomic E-state index is 12.1. The molecule has 1 N–H and O–H groups in total. The van der Waals surface area contributed by atoms with E-state index in [1.807, 2.05) is 31.2 Å². The first-order valence-corrected chi connectivity index (χ1v) is 6.22. The lowest BCUT2D eigenvalue weighted by Crippen LogP contribution is -2.62. The first-order valence-electron chi connectivity index (χ1n) is 6.22. The molecule has 0 spiro atoms. The Labute approximate surface area is 110 Å². The van der Waals surface area contributed by atoms with Gasteiger partial charge in [0.2, 0.25) is 5.91 Å². The zero-order chi connectivity index (χ0) is 13.6. The van der Waals surface area contributed by atoms with Crippen molar-refractivity contribution in [1.29, 1.82) is 0 Å². The highest BCUT2D eigenvalue weighted by Gasteiger charge is 2.52. The molecule has 0 radical (unpaired) electrons. The van der Waals surface area contributed by atoms with E-state index in [2.05, 4.69) is 5.32 Å². The number of esters is 1. The Morgan fingerprint density at radius 2 is 2.21 bits per heavy atom. The van der Waals surface area contributed by atoms with E-state index in [0.29, 0.717) is 6.42 Å². The minimum absolute atomic E-state index is 0.198. The van der Waals surface area contributed by atoms with Crippen LogP contribution >= 0.6 is 0 Å². The van der Waals surface area contributed by atoms with Gasteiger partial charge in [-0.05, 0) is 18.6 Å². The van der Waals surface area contributed by atoms with Gasteiger partial charge in [-0.25, -0.2) is 0 Å². The number of hydrogen-bond donors (Lipinski definition) is 1. The molecule has 2 bridgehead atoms. The Kier molecular flexibility index (Phi) is 2.52. The molecule has 3 rings (SSSR count). The highest BCUT2D eigenvalue weighted by atomic mass is 16.5. The molecule has 2 heterocycles. The number of piperidine rings is 1. The molecule has 1 saturated heterocycles. The van der Waals surface area contributed by atoms with Crippen LogP contribution in [0.2, 0.25) is 0 Å². The number of fused-ring (bicyclic) bond motifs is 4. The summed E-state index contributed by atoms with van der Waals surface area (Å²) in [5, 5.41) is 2.77. The standard InChI is InChI=1S/C14H15NO4/c1-14-7-9(8-5-3-4-6-10(8)19-14)11(12(16)15-14)13(17)18-2/h3-6,9,11H,7H2,1-2H3,(H,15,16)/t9-,11+,14+/m1/s1. The molecule has 19 heavy (non-hydrogen) atoms. The second kappa shape index (κ2) is 3.98. The molecule has 5 heteroatoms. The van der Waals surface area contributed by atoms with Crippen LogP contribution in [0.4, 0.5) is 0 Å². The summed E-state index contributed by atoms with van der Waals surface area (Å²) in [4.78, 5) is 24.0. The Hall–Kier alpha value is -2.04. The van der Waals surface area contributed by atoms with Crippen molar-refractivity contribution < 1.29 is 19.1 Å². The van der Waals surface area contributed by atoms with E-state index in [0.717, 1.165) is 11.3 Å². The first kappa shape index (κ1) is 12.0. The fraction of sp³-hybridized carbons (Fsp3) is 0.429. The smallest absolute Gasteiger partial charge is 0.318 e. The van der Waals surface area contributed by atoms with Crippen molar-refractivity contribution in [2.75, 3.05) is 7.11 Å². The summed E-state index contributed by atoms with van der Waals surface area (Å²) in [6.07, 6.45) is 0.565. The molecule has 0 aromatic heterocycles. The van der Waals surface area contributed by atoms with Crippen LogP contribution in [0, 0.1) is 5.92 Å². The molecule has 2 aliphatic heterocycles. The lowest BCUT2D eigenvalue weighted by Gasteiger charge is -2.46. The molecule has 0 saturated carbocycles. The maximum Gasteiger partial charge on any atom is 0.318 e. The molecular weight excluding hydrogens is 246 g/mol. The van der Waals surface area contributed by atoms with Crippen molar-refractivity contribution in [1.82, 2.24) is 5.32 Å². The predicted molar refractivity (Wildman–Crippen MR) is 66.5 cm³/mol. The predicted octanol–water partition coefficient (Wildman–Crippen LogP) is 1.19. The number of ether oxygens (including phenoxy) is 2. The van der Waals surface area contributed by atoms with Crippen LogP contribution in [0.25, 0.3) is 0 Å². The molecule has 1 fully saturated rings.